The molecular formula is C15H19ClO3. The number of benzene rings is 1. The molecule has 0 bridgehead atoms. The zero-order valence-corrected chi connectivity index (χ0v) is 11.9. The van der Waals surface area contributed by atoms with Crippen molar-refractivity contribution in [1.29, 1.82) is 0 Å². The minimum absolute atomic E-state index is 0.205. The van der Waals surface area contributed by atoms with E-state index in [4.69, 9.17) is 21.1 Å². The summed E-state index contributed by atoms with van der Waals surface area (Å²) in [6, 6.07) is 5.36. The third-order valence-electron chi connectivity index (χ3n) is 3.40. The molecule has 0 amide bonds. The number of ether oxygens (including phenoxy) is 2. The SMILES string of the molecule is COc1ccc(Cl)cc1CC(=O)CCC1CCCO1. The van der Waals surface area contributed by atoms with Crippen LogP contribution in [-0.2, 0) is 16.0 Å². The van der Waals surface area contributed by atoms with Gasteiger partial charge >= 0.3 is 0 Å². The van der Waals surface area contributed by atoms with E-state index in [0.29, 0.717) is 17.9 Å². The zero-order chi connectivity index (χ0) is 13.7. The first-order valence-electron chi connectivity index (χ1n) is 6.65. The van der Waals surface area contributed by atoms with Crippen molar-refractivity contribution in [1.82, 2.24) is 0 Å². The van der Waals surface area contributed by atoms with Gasteiger partial charge < -0.3 is 9.47 Å². The van der Waals surface area contributed by atoms with Crippen LogP contribution in [0.2, 0.25) is 5.02 Å². The second-order valence-electron chi connectivity index (χ2n) is 4.85. The van der Waals surface area contributed by atoms with E-state index in [1.165, 1.54) is 0 Å². The van der Waals surface area contributed by atoms with E-state index in [0.717, 1.165) is 37.2 Å². The molecule has 0 aromatic heterocycles. The van der Waals surface area contributed by atoms with Crippen molar-refractivity contribution >= 4 is 17.4 Å². The highest BCUT2D eigenvalue weighted by Gasteiger charge is 2.17. The van der Waals surface area contributed by atoms with Gasteiger partial charge in [0.15, 0.2) is 0 Å². The van der Waals surface area contributed by atoms with Crippen LogP contribution in [0.25, 0.3) is 0 Å². The molecule has 0 aliphatic carbocycles. The summed E-state index contributed by atoms with van der Waals surface area (Å²) in [6.07, 6.45) is 4.21. The topological polar surface area (TPSA) is 35.5 Å². The van der Waals surface area contributed by atoms with Crippen molar-refractivity contribution in [3.05, 3.63) is 28.8 Å². The van der Waals surface area contributed by atoms with E-state index in [2.05, 4.69) is 0 Å². The molecule has 1 unspecified atom stereocenters. The smallest absolute Gasteiger partial charge is 0.137 e. The molecule has 0 saturated carbocycles. The highest BCUT2D eigenvalue weighted by molar-refractivity contribution is 6.30. The van der Waals surface area contributed by atoms with Crippen LogP contribution < -0.4 is 4.74 Å². The first-order valence-corrected chi connectivity index (χ1v) is 7.02. The fourth-order valence-corrected chi connectivity index (χ4v) is 2.57. The van der Waals surface area contributed by atoms with Crippen molar-refractivity contribution in [2.75, 3.05) is 13.7 Å². The van der Waals surface area contributed by atoms with Gasteiger partial charge in [0.05, 0.1) is 13.2 Å². The van der Waals surface area contributed by atoms with E-state index in [1.54, 1.807) is 25.3 Å². The number of hydrogen-bond acceptors (Lipinski definition) is 3. The van der Waals surface area contributed by atoms with Gasteiger partial charge in [0, 0.05) is 30.0 Å². The van der Waals surface area contributed by atoms with Crippen molar-refractivity contribution in [3.63, 3.8) is 0 Å². The average molecular weight is 283 g/mol. The summed E-state index contributed by atoms with van der Waals surface area (Å²) < 4.78 is 10.8. The monoisotopic (exact) mass is 282 g/mol. The molecular weight excluding hydrogens is 264 g/mol. The number of hydrogen-bond donors (Lipinski definition) is 0. The Hall–Kier alpha value is -1.06. The van der Waals surface area contributed by atoms with E-state index in [1.807, 2.05) is 0 Å². The first kappa shape index (κ1) is 14.4. The van der Waals surface area contributed by atoms with Gasteiger partial charge in [0.25, 0.3) is 0 Å². The van der Waals surface area contributed by atoms with Crippen molar-refractivity contribution in [3.8, 4) is 5.75 Å². The second kappa shape index (κ2) is 6.92. The normalized spacial score (nSPS) is 18.5. The van der Waals surface area contributed by atoms with Gasteiger partial charge in [0.1, 0.15) is 11.5 Å². The number of carbonyl (C=O) groups excluding carboxylic acids is 1. The predicted octanol–water partition coefficient (Wildman–Crippen LogP) is 3.42. The summed E-state index contributed by atoms with van der Waals surface area (Å²) in [5, 5.41) is 0.628. The van der Waals surface area contributed by atoms with Crippen molar-refractivity contribution < 1.29 is 14.3 Å². The molecule has 1 saturated heterocycles. The van der Waals surface area contributed by atoms with Crippen LogP contribution >= 0.6 is 11.6 Å². The minimum Gasteiger partial charge on any atom is -0.496 e. The maximum absolute atomic E-state index is 12.0. The van der Waals surface area contributed by atoms with E-state index in [-0.39, 0.29) is 11.9 Å². The summed E-state index contributed by atoms with van der Waals surface area (Å²) in [5.74, 6) is 0.922. The molecule has 1 aliphatic heterocycles. The Kier molecular flexibility index (Phi) is 5.23. The Morgan fingerprint density at radius 3 is 3.05 bits per heavy atom. The van der Waals surface area contributed by atoms with Gasteiger partial charge in [-0.2, -0.15) is 0 Å². The highest BCUT2D eigenvalue weighted by atomic mass is 35.5. The maximum atomic E-state index is 12.0. The van der Waals surface area contributed by atoms with Crippen LogP contribution in [0.3, 0.4) is 0 Å². The summed E-state index contributed by atoms with van der Waals surface area (Å²) in [7, 11) is 1.60. The minimum atomic E-state index is 0.205. The van der Waals surface area contributed by atoms with Crippen molar-refractivity contribution in [2.45, 2.75) is 38.2 Å². The largest absolute Gasteiger partial charge is 0.496 e. The van der Waals surface area contributed by atoms with Gasteiger partial charge in [-0.3, -0.25) is 4.79 Å². The lowest BCUT2D eigenvalue weighted by Gasteiger charge is -2.10. The van der Waals surface area contributed by atoms with E-state index < -0.39 is 0 Å². The van der Waals surface area contributed by atoms with Crippen LogP contribution in [-0.4, -0.2) is 25.6 Å². The van der Waals surface area contributed by atoms with Crippen LogP contribution in [0, 0.1) is 0 Å². The Morgan fingerprint density at radius 1 is 1.53 bits per heavy atom. The lowest BCUT2D eigenvalue weighted by Crippen LogP contribution is -2.10. The first-order chi connectivity index (χ1) is 9.19. The van der Waals surface area contributed by atoms with Gasteiger partial charge in [-0.25, -0.2) is 0 Å². The fourth-order valence-electron chi connectivity index (χ4n) is 2.38. The molecule has 4 heteroatoms. The second-order valence-corrected chi connectivity index (χ2v) is 5.28. The summed E-state index contributed by atoms with van der Waals surface area (Å²) >= 11 is 5.95. The number of Topliss-reactive ketones (excluding diaryl/α,β-unsaturated/α-hetero) is 1. The van der Waals surface area contributed by atoms with Gasteiger partial charge in [0.2, 0.25) is 0 Å². The molecule has 1 aromatic carbocycles. The fraction of sp³-hybridized carbons (Fsp3) is 0.533. The zero-order valence-electron chi connectivity index (χ0n) is 11.2. The number of carbonyl (C=O) groups is 1. The Labute approximate surface area is 118 Å². The Balaban J connectivity index is 1.88. The van der Waals surface area contributed by atoms with E-state index >= 15 is 0 Å². The summed E-state index contributed by atoms with van der Waals surface area (Å²) in [6.45, 7) is 0.834. The highest BCUT2D eigenvalue weighted by Crippen LogP contribution is 2.24. The van der Waals surface area contributed by atoms with Crippen LogP contribution in [0.4, 0.5) is 0 Å². The third-order valence-corrected chi connectivity index (χ3v) is 3.63. The summed E-state index contributed by atoms with van der Waals surface area (Å²) in [4.78, 5) is 12.0. The predicted molar refractivity (Wildman–Crippen MR) is 74.9 cm³/mol. The van der Waals surface area contributed by atoms with Gasteiger partial charge in [-0.15, -0.1) is 0 Å². The number of methoxy groups -OCH3 is 1. The molecule has 0 N–H and O–H groups in total. The van der Waals surface area contributed by atoms with Crippen LogP contribution in [0.15, 0.2) is 18.2 Å². The number of rotatable bonds is 6. The molecule has 1 heterocycles. The van der Waals surface area contributed by atoms with Gasteiger partial charge in [-0.1, -0.05) is 11.6 Å². The lowest BCUT2D eigenvalue weighted by molar-refractivity contribution is -0.119. The molecule has 1 fully saturated rings. The Bertz CT molecular complexity index is 439. The molecule has 2 rings (SSSR count). The lowest BCUT2D eigenvalue weighted by atomic mass is 10.0. The molecule has 104 valence electrons. The standard InChI is InChI=1S/C15H19ClO3/c1-18-15-7-4-12(16)9-11(15)10-13(17)5-6-14-3-2-8-19-14/h4,7,9,14H,2-3,5-6,8,10H2,1H3. The average Bonchev–Trinajstić information content (AvgIpc) is 2.90. The third kappa shape index (κ3) is 4.22. The number of ketones is 1. The van der Waals surface area contributed by atoms with Crippen LogP contribution in [0.1, 0.15) is 31.2 Å². The van der Waals surface area contributed by atoms with E-state index in [9.17, 15) is 4.79 Å². The molecule has 1 aromatic rings. The van der Waals surface area contributed by atoms with Gasteiger partial charge in [-0.05, 0) is 37.5 Å². The number of halogens is 1. The van der Waals surface area contributed by atoms with Crippen molar-refractivity contribution in [2.24, 2.45) is 0 Å². The van der Waals surface area contributed by atoms with Crippen LogP contribution in [0.5, 0.6) is 5.75 Å². The molecule has 1 aliphatic rings. The molecule has 0 spiro atoms. The molecule has 19 heavy (non-hydrogen) atoms. The Morgan fingerprint density at radius 2 is 2.37 bits per heavy atom. The maximum Gasteiger partial charge on any atom is 0.137 e. The molecule has 3 nitrogen and oxygen atoms in total. The molecule has 1 atom stereocenters. The molecule has 0 radical (unpaired) electrons. The quantitative estimate of drug-likeness (QED) is 0.802. The summed E-state index contributed by atoms with van der Waals surface area (Å²) in [5.41, 5.74) is 0.854.